The Bertz CT molecular complexity index is 697. The van der Waals surface area contributed by atoms with Gasteiger partial charge in [-0.05, 0) is 23.8 Å². The summed E-state index contributed by atoms with van der Waals surface area (Å²) in [6.07, 6.45) is -4.80. The molecule has 3 nitrogen and oxygen atoms in total. The van der Waals surface area contributed by atoms with E-state index in [1.807, 2.05) is 0 Å². The number of fused-ring (bicyclic) bond motifs is 1. The van der Waals surface area contributed by atoms with E-state index in [0.29, 0.717) is 5.56 Å². The number of rotatable bonds is 2. The first-order valence-corrected chi connectivity index (χ1v) is 6.20. The van der Waals surface area contributed by atoms with Crippen molar-refractivity contribution < 1.29 is 22.7 Å². The molecule has 0 spiro atoms. The largest absolute Gasteiger partial charge is 0.573 e. The Morgan fingerprint density at radius 2 is 1.67 bits per heavy atom. The van der Waals surface area contributed by atoms with Gasteiger partial charge in [0.1, 0.15) is 0 Å². The topological polar surface area (TPSA) is 29.5 Å². The third-order valence-corrected chi connectivity index (χ3v) is 3.20. The molecule has 1 aliphatic heterocycles. The molecule has 0 aliphatic carbocycles. The van der Waals surface area contributed by atoms with E-state index >= 15 is 0 Å². The molecule has 0 saturated carbocycles. The minimum Gasteiger partial charge on any atom is -0.404 e. The maximum atomic E-state index is 12.4. The summed E-state index contributed by atoms with van der Waals surface area (Å²) in [4.78, 5) is 13.6. The lowest BCUT2D eigenvalue weighted by Crippen LogP contribution is -2.25. The van der Waals surface area contributed by atoms with Gasteiger partial charge in [-0.25, -0.2) is 0 Å². The summed E-state index contributed by atoms with van der Waals surface area (Å²) < 4.78 is 41.3. The first-order chi connectivity index (χ1) is 9.96. The molecule has 108 valence electrons. The first-order valence-electron chi connectivity index (χ1n) is 6.20. The Morgan fingerprint density at radius 1 is 1.00 bits per heavy atom. The van der Waals surface area contributed by atoms with Crippen LogP contribution in [-0.4, -0.2) is 12.3 Å². The van der Waals surface area contributed by atoms with E-state index < -0.39 is 6.36 Å². The number of benzene rings is 2. The maximum Gasteiger partial charge on any atom is 0.573 e. The highest BCUT2D eigenvalue weighted by molar-refractivity contribution is 6.10. The van der Waals surface area contributed by atoms with Gasteiger partial charge in [-0.3, -0.25) is 4.79 Å². The smallest absolute Gasteiger partial charge is 0.404 e. The van der Waals surface area contributed by atoms with Crippen LogP contribution in [0.15, 0.2) is 48.5 Å². The van der Waals surface area contributed by atoms with Crippen LogP contribution in [0.2, 0.25) is 0 Å². The molecule has 0 atom stereocenters. The lowest BCUT2D eigenvalue weighted by atomic mass is 10.1. The SMILES string of the molecule is O=C1c2ccccc2CN1c1ccccc1OC(F)(F)F. The molecule has 2 aromatic rings. The summed E-state index contributed by atoms with van der Waals surface area (Å²) >= 11 is 0. The molecular formula is C15H10F3NO2. The summed E-state index contributed by atoms with van der Waals surface area (Å²) in [5.41, 5.74) is 1.39. The average Bonchev–Trinajstić information content (AvgIpc) is 2.76. The molecule has 0 aromatic heterocycles. The van der Waals surface area contributed by atoms with Crippen LogP contribution in [0.1, 0.15) is 15.9 Å². The van der Waals surface area contributed by atoms with Gasteiger partial charge in [0.15, 0.2) is 5.75 Å². The summed E-state index contributed by atoms with van der Waals surface area (Å²) in [6.45, 7) is 0.229. The van der Waals surface area contributed by atoms with Crippen molar-refractivity contribution in [3.05, 3.63) is 59.7 Å². The second kappa shape index (κ2) is 4.80. The predicted molar refractivity (Wildman–Crippen MR) is 70.1 cm³/mol. The minimum atomic E-state index is -4.80. The molecule has 0 bridgehead atoms. The number of carbonyl (C=O) groups excluding carboxylic acids is 1. The van der Waals surface area contributed by atoms with Crippen molar-refractivity contribution >= 4 is 11.6 Å². The molecule has 2 aromatic carbocycles. The van der Waals surface area contributed by atoms with Gasteiger partial charge in [-0.2, -0.15) is 0 Å². The van der Waals surface area contributed by atoms with Gasteiger partial charge >= 0.3 is 6.36 Å². The molecule has 0 radical (unpaired) electrons. The van der Waals surface area contributed by atoms with E-state index in [1.54, 1.807) is 30.3 Å². The highest BCUT2D eigenvalue weighted by Gasteiger charge is 2.35. The van der Waals surface area contributed by atoms with Crippen LogP contribution in [0.5, 0.6) is 5.75 Å². The number of halogens is 3. The molecule has 21 heavy (non-hydrogen) atoms. The summed E-state index contributed by atoms with van der Waals surface area (Å²) in [5.74, 6) is -0.713. The van der Waals surface area contributed by atoms with Crippen molar-refractivity contribution in [3.8, 4) is 5.75 Å². The highest BCUT2D eigenvalue weighted by Crippen LogP contribution is 2.37. The third kappa shape index (κ3) is 2.56. The van der Waals surface area contributed by atoms with Gasteiger partial charge in [0, 0.05) is 5.56 Å². The lowest BCUT2D eigenvalue weighted by Gasteiger charge is -2.20. The van der Waals surface area contributed by atoms with Crippen LogP contribution in [-0.2, 0) is 6.54 Å². The maximum absolute atomic E-state index is 12.4. The Balaban J connectivity index is 1.98. The first kappa shape index (κ1) is 13.5. The number of amides is 1. The van der Waals surface area contributed by atoms with Gasteiger partial charge < -0.3 is 9.64 Å². The quantitative estimate of drug-likeness (QED) is 0.844. The Kier molecular flexibility index (Phi) is 3.08. The normalized spacial score (nSPS) is 14.2. The van der Waals surface area contributed by atoms with Crippen molar-refractivity contribution in [2.24, 2.45) is 0 Å². The molecule has 0 unspecified atom stereocenters. The molecule has 6 heteroatoms. The van der Waals surface area contributed by atoms with Crippen LogP contribution in [0.4, 0.5) is 18.9 Å². The Hall–Kier alpha value is -2.50. The zero-order valence-corrected chi connectivity index (χ0v) is 10.7. The second-order valence-corrected chi connectivity index (χ2v) is 4.56. The lowest BCUT2D eigenvalue weighted by molar-refractivity contribution is -0.274. The molecular weight excluding hydrogens is 283 g/mol. The van der Waals surface area contributed by atoms with Crippen molar-refractivity contribution in [2.45, 2.75) is 12.9 Å². The van der Waals surface area contributed by atoms with Gasteiger partial charge in [-0.15, -0.1) is 13.2 Å². The number of carbonyl (C=O) groups is 1. The fourth-order valence-electron chi connectivity index (χ4n) is 2.34. The number of para-hydroxylation sites is 2. The fraction of sp³-hybridized carbons (Fsp3) is 0.133. The summed E-state index contributed by atoms with van der Waals surface area (Å²) in [6, 6.07) is 12.6. The van der Waals surface area contributed by atoms with Gasteiger partial charge in [0.25, 0.3) is 5.91 Å². The molecule has 0 saturated heterocycles. The van der Waals surface area contributed by atoms with Crippen LogP contribution >= 0.6 is 0 Å². The van der Waals surface area contributed by atoms with Crippen LogP contribution in [0.3, 0.4) is 0 Å². The monoisotopic (exact) mass is 293 g/mol. The molecule has 1 aliphatic rings. The number of ether oxygens (including phenoxy) is 1. The van der Waals surface area contributed by atoms with Crippen molar-refractivity contribution in [3.63, 3.8) is 0 Å². The number of anilines is 1. The van der Waals surface area contributed by atoms with Crippen molar-refractivity contribution in [1.82, 2.24) is 0 Å². The number of nitrogens with zero attached hydrogens (tertiary/aromatic N) is 1. The standard InChI is InChI=1S/C15H10F3NO2/c16-15(17,18)21-13-8-4-3-7-12(13)19-9-10-5-1-2-6-11(10)14(19)20/h1-8H,9H2. The van der Waals surface area contributed by atoms with Crippen LogP contribution in [0.25, 0.3) is 0 Å². The van der Waals surface area contributed by atoms with Crippen molar-refractivity contribution in [1.29, 1.82) is 0 Å². The van der Waals surface area contributed by atoms with Gasteiger partial charge in [0.05, 0.1) is 12.2 Å². The number of hydrogen-bond acceptors (Lipinski definition) is 2. The molecule has 1 heterocycles. The van der Waals surface area contributed by atoms with E-state index in [9.17, 15) is 18.0 Å². The molecule has 1 amide bonds. The molecule has 3 rings (SSSR count). The van der Waals surface area contributed by atoms with Crippen LogP contribution in [0, 0.1) is 0 Å². The molecule has 0 fully saturated rings. The second-order valence-electron chi connectivity index (χ2n) is 4.56. The Morgan fingerprint density at radius 3 is 2.38 bits per heavy atom. The van der Waals surface area contributed by atoms with Crippen LogP contribution < -0.4 is 9.64 Å². The van der Waals surface area contributed by atoms with E-state index in [-0.39, 0.29) is 23.9 Å². The van der Waals surface area contributed by atoms with E-state index in [0.717, 1.165) is 5.56 Å². The van der Waals surface area contributed by atoms with Gasteiger partial charge in [0.2, 0.25) is 0 Å². The zero-order chi connectivity index (χ0) is 15.0. The number of hydrogen-bond donors (Lipinski definition) is 0. The Labute approximate surface area is 118 Å². The summed E-state index contributed by atoms with van der Waals surface area (Å²) in [5, 5.41) is 0. The van der Waals surface area contributed by atoms with E-state index in [1.165, 1.54) is 23.1 Å². The predicted octanol–water partition coefficient (Wildman–Crippen LogP) is 3.75. The minimum absolute atomic E-state index is 0.107. The van der Waals surface area contributed by atoms with Gasteiger partial charge in [-0.1, -0.05) is 30.3 Å². The third-order valence-electron chi connectivity index (χ3n) is 3.20. The van der Waals surface area contributed by atoms with E-state index in [4.69, 9.17) is 0 Å². The molecule has 0 N–H and O–H groups in total. The number of alkyl halides is 3. The van der Waals surface area contributed by atoms with Crippen molar-refractivity contribution in [2.75, 3.05) is 4.90 Å². The fourth-order valence-corrected chi connectivity index (χ4v) is 2.34. The summed E-state index contributed by atoms with van der Waals surface area (Å²) in [7, 11) is 0. The highest BCUT2D eigenvalue weighted by atomic mass is 19.4. The average molecular weight is 293 g/mol. The van der Waals surface area contributed by atoms with E-state index in [2.05, 4.69) is 4.74 Å². The zero-order valence-electron chi connectivity index (χ0n) is 10.7.